The summed E-state index contributed by atoms with van der Waals surface area (Å²) in [4.78, 5) is 0. The smallest absolute Gasteiger partial charge is 0.211 e. The fraction of sp³-hybridized carbons (Fsp3) is 1.00. The molecule has 0 amide bonds. The molecule has 90 valence electrons. The SMILES string of the molecule is CCCS(=O)(=O)NC1CCCC(C)C1C. The maximum Gasteiger partial charge on any atom is 0.211 e. The molecule has 3 atom stereocenters. The monoisotopic (exact) mass is 233 g/mol. The minimum atomic E-state index is -3.04. The van der Waals surface area contributed by atoms with E-state index < -0.39 is 10.0 Å². The quantitative estimate of drug-likeness (QED) is 0.808. The van der Waals surface area contributed by atoms with E-state index in [9.17, 15) is 8.42 Å². The van der Waals surface area contributed by atoms with Crippen molar-refractivity contribution in [2.75, 3.05) is 5.75 Å². The van der Waals surface area contributed by atoms with Gasteiger partial charge in [0.15, 0.2) is 0 Å². The van der Waals surface area contributed by atoms with Gasteiger partial charge in [-0.1, -0.05) is 33.6 Å². The van der Waals surface area contributed by atoms with Gasteiger partial charge in [0, 0.05) is 6.04 Å². The van der Waals surface area contributed by atoms with E-state index in [0.29, 0.717) is 18.3 Å². The molecule has 3 nitrogen and oxygen atoms in total. The van der Waals surface area contributed by atoms with E-state index >= 15 is 0 Å². The van der Waals surface area contributed by atoms with Crippen LogP contribution in [0.5, 0.6) is 0 Å². The van der Waals surface area contributed by atoms with Crippen LogP contribution in [0.2, 0.25) is 0 Å². The van der Waals surface area contributed by atoms with Gasteiger partial charge in [-0.15, -0.1) is 0 Å². The summed E-state index contributed by atoms with van der Waals surface area (Å²) in [6, 6.07) is 0.158. The molecule has 0 heterocycles. The molecular weight excluding hydrogens is 210 g/mol. The summed E-state index contributed by atoms with van der Waals surface area (Å²) in [5, 5.41) is 0. The van der Waals surface area contributed by atoms with Crippen molar-refractivity contribution < 1.29 is 8.42 Å². The van der Waals surface area contributed by atoms with Gasteiger partial charge in [0.1, 0.15) is 0 Å². The van der Waals surface area contributed by atoms with E-state index in [-0.39, 0.29) is 11.8 Å². The zero-order valence-electron chi connectivity index (χ0n) is 9.99. The van der Waals surface area contributed by atoms with Crippen LogP contribution in [0.4, 0.5) is 0 Å². The Balaban J connectivity index is 2.57. The summed E-state index contributed by atoms with van der Waals surface area (Å²) in [7, 11) is -3.04. The highest BCUT2D eigenvalue weighted by molar-refractivity contribution is 7.89. The second-order valence-electron chi connectivity index (χ2n) is 4.81. The zero-order valence-corrected chi connectivity index (χ0v) is 10.8. The molecule has 1 N–H and O–H groups in total. The van der Waals surface area contributed by atoms with Gasteiger partial charge < -0.3 is 0 Å². The lowest BCUT2D eigenvalue weighted by Gasteiger charge is -2.34. The molecule has 0 radical (unpaired) electrons. The van der Waals surface area contributed by atoms with Crippen molar-refractivity contribution in [3.8, 4) is 0 Å². The zero-order chi connectivity index (χ0) is 11.5. The van der Waals surface area contributed by atoms with Gasteiger partial charge in [0.05, 0.1) is 5.75 Å². The minimum absolute atomic E-state index is 0.158. The molecule has 0 aromatic rings. The molecule has 0 saturated heterocycles. The van der Waals surface area contributed by atoms with Crippen molar-refractivity contribution in [3.05, 3.63) is 0 Å². The fourth-order valence-electron chi connectivity index (χ4n) is 2.31. The Kier molecular flexibility index (Phi) is 4.59. The molecule has 1 saturated carbocycles. The molecule has 0 aromatic heterocycles. The Morgan fingerprint density at radius 2 is 1.93 bits per heavy atom. The average molecular weight is 233 g/mol. The van der Waals surface area contributed by atoms with E-state index in [4.69, 9.17) is 0 Å². The summed E-state index contributed by atoms with van der Waals surface area (Å²) in [5.74, 6) is 1.35. The van der Waals surface area contributed by atoms with E-state index in [1.165, 1.54) is 6.42 Å². The van der Waals surface area contributed by atoms with Crippen molar-refractivity contribution >= 4 is 10.0 Å². The fourth-order valence-corrected chi connectivity index (χ4v) is 3.76. The molecule has 1 aliphatic rings. The summed E-state index contributed by atoms with van der Waals surface area (Å²) in [6.45, 7) is 6.26. The second-order valence-corrected chi connectivity index (χ2v) is 6.68. The first kappa shape index (κ1) is 13.0. The number of sulfonamides is 1. The van der Waals surface area contributed by atoms with Crippen LogP contribution < -0.4 is 4.72 Å². The predicted octanol–water partition coefficient (Wildman–Crippen LogP) is 2.14. The third-order valence-corrected chi connectivity index (χ3v) is 5.12. The van der Waals surface area contributed by atoms with E-state index in [2.05, 4.69) is 18.6 Å². The first-order chi connectivity index (χ1) is 6.96. The van der Waals surface area contributed by atoms with Crippen LogP contribution in [0.3, 0.4) is 0 Å². The van der Waals surface area contributed by atoms with Crippen LogP contribution in [0.1, 0.15) is 46.5 Å². The standard InChI is InChI=1S/C11H23NO2S/c1-4-8-15(13,14)12-11-7-5-6-9(2)10(11)3/h9-12H,4-8H2,1-3H3. The Hall–Kier alpha value is -0.0900. The highest BCUT2D eigenvalue weighted by Crippen LogP contribution is 2.29. The van der Waals surface area contributed by atoms with Gasteiger partial charge in [-0.25, -0.2) is 13.1 Å². The topological polar surface area (TPSA) is 46.2 Å². The highest BCUT2D eigenvalue weighted by atomic mass is 32.2. The maximum absolute atomic E-state index is 11.6. The average Bonchev–Trinajstić information content (AvgIpc) is 2.12. The lowest BCUT2D eigenvalue weighted by atomic mass is 9.78. The van der Waals surface area contributed by atoms with E-state index in [1.807, 2.05) is 6.92 Å². The summed E-state index contributed by atoms with van der Waals surface area (Å²) in [6.07, 6.45) is 4.05. The van der Waals surface area contributed by atoms with Crippen LogP contribution in [-0.4, -0.2) is 20.2 Å². The van der Waals surface area contributed by atoms with Crippen LogP contribution in [-0.2, 0) is 10.0 Å². The molecule has 0 aromatic carbocycles. The van der Waals surface area contributed by atoms with Crippen LogP contribution >= 0.6 is 0 Å². The molecule has 0 spiro atoms. The van der Waals surface area contributed by atoms with Gasteiger partial charge in [-0.3, -0.25) is 0 Å². The molecule has 0 bridgehead atoms. The van der Waals surface area contributed by atoms with E-state index in [1.54, 1.807) is 0 Å². The van der Waals surface area contributed by atoms with E-state index in [0.717, 1.165) is 12.8 Å². The molecule has 1 rings (SSSR count). The Labute approximate surface area is 93.7 Å². The van der Waals surface area contributed by atoms with Gasteiger partial charge in [-0.05, 0) is 24.7 Å². The normalized spacial score (nSPS) is 32.9. The molecule has 4 heteroatoms. The molecule has 0 aliphatic heterocycles. The Morgan fingerprint density at radius 3 is 2.53 bits per heavy atom. The van der Waals surface area contributed by atoms with Crippen molar-refractivity contribution in [3.63, 3.8) is 0 Å². The summed E-state index contributed by atoms with van der Waals surface area (Å²) >= 11 is 0. The lowest BCUT2D eigenvalue weighted by molar-refractivity contribution is 0.227. The second kappa shape index (κ2) is 5.30. The van der Waals surface area contributed by atoms with Crippen molar-refractivity contribution in [1.29, 1.82) is 0 Å². The van der Waals surface area contributed by atoms with Crippen LogP contribution in [0.15, 0.2) is 0 Å². The molecule has 1 aliphatic carbocycles. The molecule has 1 fully saturated rings. The third-order valence-electron chi connectivity index (χ3n) is 3.51. The minimum Gasteiger partial charge on any atom is -0.212 e. The van der Waals surface area contributed by atoms with Gasteiger partial charge >= 0.3 is 0 Å². The summed E-state index contributed by atoms with van der Waals surface area (Å²) < 4.78 is 26.1. The van der Waals surface area contributed by atoms with Gasteiger partial charge in [0.2, 0.25) is 10.0 Å². The lowest BCUT2D eigenvalue weighted by Crippen LogP contribution is -2.44. The van der Waals surface area contributed by atoms with Crippen LogP contribution in [0, 0.1) is 11.8 Å². The highest BCUT2D eigenvalue weighted by Gasteiger charge is 2.29. The third kappa shape index (κ3) is 3.76. The van der Waals surface area contributed by atoms with Gasteiger partial charge in [-0.2, -0.15) is 0 Å². The Bertz CT molecular complexity index is 287. The predicted molar refractivity (Wildman–Crippen MR) is 63.2 cm³/mol. The van der Waals surface area contributed by atoms with Gasteiger partial charge in [0.25, 0.3) is 0 Å². The Morgan fingerprint density at radius 1 is 1.27 bits per heavy atom. The molecular formula is C11H23NO2S. The van der Waals surface area contributed by atoms with Crippen molar-refractivity contribution in [2.45, 2.75) is 52.5 Å². The van der Waals surface area contributed by atoms with Crippen molar-refractivity contribution in [1.82, 2.24) is 4.72 Å². The number of hydrogen-bond acceptors (Lipinski definition) is 2. The number of rotatable bonds is 4. The van der Waals surface area contributed by atoms with Crippen molar-refractivity contribution in [2.24, 2.45) is 11.8 Å². The number of hydrogen-bond donors (Lipinski definition) is 1. The first-order valence-electron chi connectivity index (χ1n) is 5.96. The summed E-state index contributed by atoms with van der Waals surface area (Å²) in [5.41, 5.74) is 0. The molecule has 3 unspecified atom stereocenters. The maximum atomic E-state index is 11.6. The molecule has 15 heavy (non-hydrogen) atoms. The van der Waals surface area contributed by atoms with Crippen LogP contribution in [0.25, 0.3) is 0 Å². The number of nitrogens with one attached hydrogen (secondary N) is 1. The largest absolute Gasteiger partial charge is 0.212 e. The first-order valence-corrected chi connectivity index (χ1v) is 7.61.